The number of nitrogens with zero attached hydrogens (tertiary/aromatic N) is 1. The first kappa shape index (κ1) is 15.0. The van der Waals surface area contributed by atoms with Gasteiger partial charge in [0.15, 0.2) is 5.78 Å². The Morgan fingerprint density at radius 2 is 2.05 bits per heavy atom. The summed E-state index contributed by atoms with van der Waals surface area (Å²) in [7, 11) is 0. The Morgan fingerprint density at radius 3 is 2.71 bits per heavy atom. The van der Waals surface area contributed by atoms with Crippen molar-refractivity contribution in [1.29, 1.82) is 0 Å². The number of ketones is 1. The van der Waals surface area contributed by atoms with Crippen LogP contribution in [0.2, 0.25) is 5.02 Å². The number of ether oxygens (including phenoxy) is 1. The fraction of sp³-hybridized carbons (Fsp3) is 0.133. The first-order valence-corrected chi connectivity index (χ1v) is 6.52. The summed E-state index contributed by atoms with van der Waals surface area (Å²) in [6.45, 7) is 1.55. The van der Waals surface area contributed by atoms with Crippen LogP contribution in [0.5, 0.6) is 5.75 Å². The minimum atomic E-state index is -0.465. The number of Topliss-reactive ketones (excluding diaryl/α,β-unsaturated/α-hetero) is 1. The van der Waals surface area contributed by atoms with Crippen molar-refractivity contribution in [2.75, 3.05) is 0 Å². The van der Waals surface area contributed by atoms with Crippen molar-refractivity contribution in [3.63, 3.8) is 0 Å². The molecule has 0 radical (unpaired) electrons. The summed E-state index contributed by atoms with van der Waals surface area (Å²) in [6, 6.07) is 10.9. The third-order valence-electron chi connectivity index (χ3n) is 2.84. The molecule has 0 aliphatic carbocycles. The average Bonchev–Trinajstić information content (AvgIpc) is 2.46. The van der Waals surface area contributed by atoms with Gasteiger partial charge in [0.2, 0.25) is 0 Å². The molecule has 0 spiro atoms. The molecular formula is C15H12ClNO4. The molecule has 0 heterocycles. The van der Waals surface area contributed by atoms with E-state index in [0.717, 1.165) is 0 Å². The Balaban J connectivity index is 2.18. The second kappa shape index (κ2) is 6.37. The number of hydrogen-bond donors (Lipinski definition) is 0. The van der Waals surface area contributed by atoms with Crippen LogP contribution in [0.15, 0.2) is 42.5 Å². The molecule has 0 unspecified atom stereocenters. The second-order valence-electron chi connectivity index (χ2n) is 4.41. The standard InChI is InChI=1S/C15H12ClNO4/c1-10(18)14-8-12(16)5-6-15(14)21-9-11-3-2-4-13(7-11)17(19)20/h2-8H,9H2,1H3. The maximum atomic E-state index is 11.5. The molecule has 21 heavy (non-hydrogen) atoms. The number of nitro benzene ring substituents is 1. The molecule has 2 aromatic carbocycles. The van der Waals surface area contributed by atoms with Gasteiger partial charge in [-0.3, -0.25) is 14.9 Å². The lowest BCUT2D eigenvalue weighted by Crippen LogP contribution is -2.02. The monoisotopic (exact) mass is 305 g/mol. The Morgan fingerprint density at radius 1 is 1.29 bits per heavy atom. The Hall–Kier alpha value is -2.40. The summed E-state index contributed by atoms with van der Waals surface area (Å²) in [6.07, 6.45) is 0. The van der Waals surface area contributed by atoms with Gasteiger partial charge in [0.05, 0.1) is 10.5 Å². The van der Waals surface area contributed by atoms with E-state index in [0.29, 0.717) is 21.9 Å². The molecule has 0 aliphatic heterocycles. The minimum Gasteiger partial charge on any atom is -0.488 e. The summed E-state index contributed by atoms with van der Waals surface area (Å²) in [5, 5.41) is 11.2. The van der Waals surface area contributed by atoms with Gasteiger partial charge in [0, 0.05) is 17.2 Å². The number of benzene rings is 2. The highest BCUT2D eigenvalue weighted by Gasteiger charge is 2.11. The normalized spacial score (nSPS) is 10.2. The molecule has 108 valence electrons. The fourth-order valence-corrected chi connectivity index (χ4v) is 2.00. The van der Waals surface area contributed by atoms with Crippen LogP contribution >= 0.6 is 11.6 Å². The SMILES string of the molecule is CC(=O)c1cc(Cl)ccc1OCc1cccc([N+](=O)[O-])c1. The Bertz CT molecular complexity index is 700. The van der Waals surface area contributed by atoms with Crippen LogP contribution in [0.3, 0.4) is 0 Å². The number of halogens is 1. The van der Waals surface area contributed by atoms with Crippen molar-refractivity contribution < 1.29 is 14.5 Å². The van der Waals surface area contributed by atoms with Gasteiger partial charge in [-0.15, -0.1) is 0 Å². The van der Waals surface area contributed by atoms with Crippen molar-refractivity contribution in [3.8, 4) is 5.75 Å². The number of carbonyl (C=O) groups is 1. The zero-order valence-corrected chi connectivity index (χ0v) is 12.0. The zero-order chi connectivity index (χ0) is 15.4. The maximum Gasteiger partial charge on any atom is 0.269 e. The molecule has 0 aromatic heterocycles. The van der Waals surface area contributed by atoms with Crippen LogP contribution in [-0.4, -0.2) is 10.7 Å². The van der Waals surface area contributed by atoms with E-state index in [4.69, 9.17) is 16.3 Å². The van der Waals surface area contributed by atoms with Crippen molar-refractivity contribution >= 4 is 23.1 Å². The molecule has 0 N–H and O–H groups in total. The molecule has 0 fully saturated rings. The molecule has 0 aliphatic rings. The highest BCUT2D eigenvalue weighted by Crippen LogP contribution is 2.24. The van der Waals surface area contributed by atoms with E-state index in [-0.39, 0.29) is 18.1 Å². The molecule has 0 bridgehead atoms. The lowest BCUT2D eigenvalue weighted by molar-refractivity contribution is -0.384. The zero-order valence-electron chi connectivity index (χ0n) is 11.2. The van der Waals surface area contributed by atoms with Crippen molar-refractivity contribution in [2.24, 2.45) is 0 Å². The van der Waals surface area contributed by atoms with Gasteiger partial charge in [0.1, 0.15) is 12.4 Å². The third kappa shape index (κ3) is 3.79. The summed E-state index contributed by atoms with van der Waals surface area (Å²) in [5.74, 6) is 0.241. The van der Waals surface area contributed by atoms with Gasteiger partial charge in [0.25, 0.3) is 5.69 Å². The highest BCUT2D eigenvalue weighted by molar-refractivity contribution is 6.31. The van der Waals surface area contributed by atoms with Crippen LogP contribution in [0.25, 0.3) is 0 Å². The van der Waals surface area contributed by atoms with Crippen LogP contribution in [-0.2, 0) is 6.61 Å². The van der Waals surface area contributed by atoms with E-state index in [1.54, 1.807) is 24.3 Å². The maximum absolute atomic E-state index is 11.5. The van der Waals surface area contributed by atoms with E-state index in [1.165, 1.54) is 25.1 Å². The molecule has 2 aromatic rings. The molecule has 0 atom stereocenters. The topological polar surface area (TPSA) is 69.4 Å². The number of nitro groups is 1. The second-order valence-corrected chi connectivity index (χ2v) is 4.85. The van der Waals surface area contributed by atoms with E-state index >= 15 is 0 Å². The van der Waals surface area contributed by atoms with E-state index in [1.807, 2.05) is 0 Å². The van der Waals surface area contributed by atoms with Crippen molar-refractivity contribution in [1.82, 2.24) is 0 Å². The lowest BCUT2D eigenvalue weighted by Gasteiger charge is -2.10. The van der Waals surface area contributed by atoms with Gasteiger partial charge >= 0.3 is 0 Å². The van der Waals surface area contributed by atoms with Gasteiger partial charge in [-0.05, 0) is 30.7 Å². The van der Waals surface area contributed by atoms with Crippen LogP contribution < -0.4 is 4.74 Å². The fourth-order valence-electron chi connectivity index (χ4n) is 1.82. The van der Waals surface area contributed by atoms with Gasteiger partial charge < -0.3 is 4.74 Å². The first-order valence-electron chi connectivity index (χ1n) is 6.14. The molecule has 2 rings (SSSR count). The largest absolute Gasteiger partial charge is 0.488 e. The van der Waals surface area contributed by atoms with Crippen LogP contribution in [0.1, 0.15) is 22.8 Å². The minimum absolute atomic E-state index is 0.000928. The summed E-state index contributed by atoms with van der Waals surface area (Å²) in [5.41, 5.74) is 1.03. The predicted molar refractivity (Wildman–Crippen MR) is 78.9 cm³/mol. The lowest BCUT2D eigenvalue weighted by atomic mass is 10.1. The van der Waals surface area contributed by atoms with Gasteiger partial charge in [-0.25, -0.2) is 0 Å². The predicted octanol–water partition coefficient (Wildman–Crippen LogP) is 4.03. The van der Waals surface area contributed by atoms with Crippen molar-refractivity contribution in [2.45, 2.75) is 13.5 Å². The Kier molecular flexibility index (Phi) is 4.55. The first-order chi connectivity index (χ1) is 9.97. The van der Waals surface area contributed by atoms with Crippen LogP contribution in [0, 0.1) is 10.1 Å². The van der Waals surface area contributed by atoms with Crippen molar-refractivity contribution in [3.05, 3.63) is 68.7 Å². The van der Waals surface area contributed by atoms with Gasteiger partial charge in [-0.2, -0.15) is 0 Å². The summed E-state index contributed by atoms with van der Waals surface area (Å²) in [4.78, 5) is 21.8. The average molecular weight is 306 g/mol. The molecule has 6 heteroatoms. The molecule has 0 amide bonds. The highest BCUT2D eigenvalue weighted by atomic mass is 35.5. The number of hydrogen-bond acceptors (Lipinski definition) is 4. The summed E-state index contributed by atoms with van der Waals surface area (Å²) >= 11 is 5.85. The molecular weight excluding hydrogens is 294 g/mol. The smallest absolute Gasteiger partial charge is 0.269 e. The van der Waals surface area contributed by atoms with Gasteiger partial charge in [-0.1, -0.05) is 23.7 Å². The van der Waals surface area contributed by atoms with Crippen LogP contribution in [0.4, 0.5) is 5.69 Å². The van der Waals surface area contributed by atoms with E-state index in [9.17, 15) is 14.9 Å². The summed E-state index contributed by atoms with van der Waals surface area (Å²) < 4.78 is 5.57. The Labute approximate surface area is 126 Å². The van der Waals surface area contributed by atoms with E-state index < -0.39 is 4.92 Å². The molecule has 0 saturated carbocycles. The third-order valence-corrected chi connectivity index (χ3v) is 3.07. The molecule has 0 saturated heterocycles. The quantitative estimate of drug-likeness (QED) is 0.475. The number of rotatable bonds is 5. The number of carbonyl (C=O) groups excluding carboxylic acids is 1. The van der Waals surface area contributed by atoms with E-state index in [2.05, 4.69) is 0 Å². The number of non-ortho nitro benzene ring substituents is 1. The molecule has 5 nitrogen and oxygen atoms in total.